The number of amides is 1. The lowest BCUT2D eigenvalue weighted by atomic mass is 9.91. The maximum atomic E-state index is 13.4. The molecule has 3 aromatic rings. The zero-order chi connectivity index (χ0) is 33.8. The van der Waals surface area contributed by atoms with Gasteiger partial charge in [0.1, 0.15) is 35.9 Å². The lowest BCUT2D eigenvalue weighted by Crippen LogP contribution is -2.45. The van der Waals surface area contributed by atoms with Gasteiger partial charge in [-0.25, -0.2) is 14.8 Å². The minimum absolute atomic E-state index is 0.0748. The van der Waals surface area contributed by atoms with E-state index >= 15 is 0 Å². The molecule has 1 aromatic carbocycles. The van der Waals surface area contributed by atoms with Gasteiger partial charge in [0.2, 0.25) is 0 Å². The van der Waals surface area contributed by atoms with Crippen LogP contribution in [0.15, 0.2) is 36.8 Å². The predicted molar refractivity (Wildman–Crippen MR) is 180 cm³/mol. The Hall–Kier alpha value is -2.54. The Morgan fingerprint density at radius 2 is 1.80 bits per heavy atom. The molecule has 0 bridgehead atoms. The number of hydrogen-bond donors (Lipinski definition) is 1. The van der Waals surface area contributed by atoms with Crippen molar-refractivity contribution in [3.8, 4) is 0 Å². The van der Waals surface area contributed by atoms with Crippen molar-refractivity contribution in [1.29, 1.82) is 0 Å². The first-order valence-electron chi connectivity index (χ1n) is 16.0. The summed E-state index contributed by atoms with van der Waals surface area (Å²) in [4.78, 5) is 22.4. The number of benzene rings is 1. The maximum Gasteiger partial charge on any atom is 0.408 e. The summed E-state index contributed by atoms with van der Waals surface area (Å²) in [5.74, 6) is -0.875. The van der Waals surface area contributed by atoms with Gasteiger partial charge in [-0.2, -0.15) is 0 Å². The van der Waals surface area contributed by atoms with E-state index in [2.05, 4.69) is 49.1 Å². The number of aryl methyl sites for hydroxylation is 1. The SMILES string of the molecule is Cc1ncnc2c1ccn2[C@@H]1O[C@H]([C@H](NC(=O)OC(C)(C)C)c2ccc(Cl)cc2CCO[Si](C)(C)C(C)(C)C)[C@H]2OC(C)(C)O[C@H]21. The summed E-state index contributed by atoms with van der Waals surface area (Å²) in [5.41, 5.74) is 2.70. The average Bonchev–Trinajstić information content (AvgIpc) is 3.57. The first-order valence-corrected chi connectivity index (χ1v) is 19.3. The number of alkyl carbamates (subject to hydrolysis) is 1. The monoisotopic (exact) mass is 672 g/mol. The number of aromatic nitrogens is 3. The van der Waals surface area contributed by atoms with E-state index < -0.39 is 56.4 Å². The molecule has 0 saturated carbocycles. The Labute approximate surface area is 278 Å². The zero-order valence-electron chi connectivity index (χ0n) is 28.9. The van der Waals surface area contributed by atoms with Crippen molar-refractivity contribution in [1.82, 2.24) is 19.9 Å². The van der Waals surface area contributed by atoms with Crippen molar-refractivity contribution in [3.63, 3.8) is 0 Å². The lowest BCUT2D eigenvalue weighted by molar-refractivity contribution is -0.199. The van der Waals surface area contributed by atoms with Crippen molar-refractivity contribution in [3.05, 3.63) is 58.6 Å². The van der Waals surface area contributed by atoms with Crippen molar-refractivity contribution < 1.29 is 28.2 Å². The highest BCUT2D eigenvalue weighted by Crippen LogP contribution is 2.48. The van der Waals surface area contributed by atoms with Gasteiger partial charge in [0, 0.05) is 23.2 Å². The molecule has 2 aromatic heterocycles. The number of nitrogens with one attached hydrogen (secondary N) is 1. The van der Waals surface area contributed by atoms with E-state index in [1.165, 1.54) is 0 Å². The van der Waals surface area contributed by atoms with Gasteiger partial charge in [-0.1, -0.05) is 38.4 Å². The first-order chi connectivity index (χ1) is 21.3. The van der Waals surface area contributed by atoms with Crippen LogP contribution in [0.3, 0.4) is 0 Å². The number of nitrogens with zero attached hydrogens (tertiary/aromatic N) is 3. The highest BCUT2D eigenvalue weighted by Gasteiger charge is 2.58. The van der Waals surface area contributed by atoms with Crippen LogP contribution < -0.4 is 5.32 Å². The van der Waals surface area contributed by atoms with E-state index in [9.17, 15) is 4.79 Å². The molecule has 5 atom stereocenters. The van der Waals surface area contributed by atoms with Crippen LogP contribution in [-0.2, 0) is 29.8 Å². The Balaban J connectivity index is 1.55. The molecule has 0 unspecified atom stereocenters. The van der Waals surface area contributed by atoms with Crippen molar-refractivity contribution in [2.45, 2.75) is 129 Å². The van der Waals surface area contributed by atoms with Crippen LogP contribution in [0, 0.1) is 6.92 Å². The third-order valence-corrected chi connectivity index (χ3v) is 13.9. The quantitative estimate of drug-likeness (QED) is 0.243. The van der Waals surface area contributed by atoms with E-state index in [1.54, 1.807) is 6.33 Å². The molecule has 1 amide bonds. The van der Waals surface area contributed by atoms with E-state index in [1.807, 2.05) is 76.6 Å². The topological polar surface area (TPSA) is 106 Å². The first kappa shape index (κ1) is 34.8. The number of hydrogen-bond acceptors (Lipinski definition) is 8. The largest absolute Gasteiger partial charge is 0.444 e. The number of rotatable bonds is 8. The fraction of sp³-hybridized carbons (Fsp3) is 0.618. The summed E-state index contributed by atoms with van der Waals surface area (Å²) < 4.78 is 34.2. The highest BCUT2D eigenvalue weighted by atomic mass is 35.5. The standard InChI is InChI=1S/C34H49ClN4O6Si/c1-20-23-14-16-39(29(23)37-19-36-20)30-28-27(43-34(8,9)44-28)26(42-30)25(38-31(40)45-32(2,3)4)24-13-12-22(35)18-21(24)15-17-41-46(10,11)33(5,6)7/h12-14,16,18-19,25-28,30H,15,17H2,1-11H3,(H,38,40)/t25-,26-,27-,28-,30-/m1/s1. The number of ether oxygens (including phenoxy) is 4. The molecule has 2 aliphatic rings. The van der Waals surface area contributed by atoms with Crippen LogP contribution in [0.4, 0.5) is 4.79 Å². The summed E-state index contributed by atoms with van der Waals surface area (Å²) in [6.45, 7) is 22.9. The van der Waals surface area contributed by atoms with Crippen LogP contribution in [0.1, 0.15) is 84.5 Å². The summed E-state index contributed by atoms with van der Waals surface area (Å²) >= 11 is 6.57. The number of halogens is 1. The summed E-state index contributed by atoms with van der Waals surface area (Å²) in [6, 6.07) is 7.03. The molecule has 46 heavy (non-hydrogen) atoms. The smallest absolute Gasteiger partial charge is 0.408 e. The van der Waals surface area contributed by atoms with Crippen molar-refractivity contribution >= 4 is 37.0 Å². The molecule has 10 nitrogen and oxygen atoms in total. The second-order valence-corrected chi connectivity index (χ2v) is 20.5. The Kier molecular flexibility index (Phi) is 9.44. The Morgan fingerprint density at radius 1 is 1.11 bits per heavy atom. The fourth-order valence-corrected chi connectivity index (χ4v) is 7.14. The van der Waals surface area contributed by atoms with E-state index in [-0.39, 0.29) is 5.04 Å². The maximum absolute atomic E-state index is 13.4. The molecule has 2 aliphatic heterocycles. The fourth-order valence-electron chi connectivity index (χ4n) is 5.90. The molecule has 252 valence electrons. The summed E-state index contributed by atoms with van der Waals surface area (Å²) in [7, 11) is -1.99. The molecule has 0 spiro atoms. The van der Waals surface area contributed by atoms with E-state index in [0.717, 1.165) is 27.9 Å². The third kappa shape index (κ3) is 7.29. The van der Waals surface area contributed by atoms with Crippen molar-refractivity contribution in [2.75, 3.05) is 6.61 Å². The number of fused-ring (bicyclic) bond motifs is 2. The molecule has 2 fully saturated rings. The van der Waals surface area contributed by atoms with Crippen LogP contribution >= 0.6 is 11.6 Å². The number of carbonyl (C=O) groups excluding carboxylic acids is 1. The van der Waals surface area contributed by atoms with E-state index in [0.29, 0.717) is 18.1 Å². The second kappa shape index (κ2) is 12.5. The lowest BCUT2D eigenvalue weighted by Gasteiger charge is -2.36. The predicted octanol–water partition coefficient (Wildman–Crippen LogP) is 7.64. The van der Waals surface area contributed by atoms with Gasteiger partial charge in [0.05, 0.1) is 11.7 Å². The molecule has 0 radical (unpaired) electrons. The second-order valence-electron chi connectivity index (χ2n) is 15.3. The van der Waals surface area contributed by atoms with Crippen LogP contribution in [0.25, 0.3) is 11.0 Å². The molecule has 4 heterocycles. The highest BCUT2D eigenvalue weighted by molar-refractivity contribution is 6.74. The van der Waals surface area contributed by atoms with Gasteiger partial charge in [0.15, 0.2) is 20.3 Å². The van der Waals surface area contributed by atoms with Gasteiger partial charge < -0.3 is 33.3 Å². The Morgan fingerprint density at radius 3 is 2.48 bits per heavy atom. The van der Waals surface area contributed by atoms with E-state index in [4.69, 9.17) is 35.0 Å². The summed E-state index contributed by atoms with van der Waals surface area (Å²) in [6.07, 6.45) is 1.29. The minimum Gasteiger partial charge on any atom is -0.444 e. The van der Waals surface area contributed by atoms with Crippen LogP contribution in [0.2, 0.25) is 23.2 Å². The van der Waals surface area contributed by atoms with Gasteiger partial charge in [-0.15, -0.1) is 0 Å². The molecule has 5 rings (SSSR count). The average molecular weight is 673 g/mol. The summed E-state index contributed by atoms with van der Waals surface area (Å²) in [5, 5.41) is 4.74. The number of carbonyl (C=O) groups is 1. The normalized spacial score (nSPS) is 23.8. The van der Waals surface area contributed by atoms with Gasteiger partial charge in [-0.05, 0) is 95.4 Å². The zero-order valence-corrected chi connectivity index (χ0v) is 30.7. The van der Waals surface area contributed by atoms with Crippen LogP contribution in [-0.4, -0.2) is 65.3 Å². The van der Waals surface area contributed by atoms with Gasteiger partial charge in [0.25, 0.3) is 0 Å². The van der Waals surface area contributed by atoms with Crippen molar-refractivity contribution in [2.24, 2.45) is 0 Å². The minimum atomic E-state index is -1.99. The molecular formula is C34H49ClN4O6Si. The molecular weight excluding hydrogens is 624 g/mol. The third-order valence-electron chi connectivity index (χ3n) is 9.13. The molecule has 2 saturated heterocycles. The molecule has 0 aliphatic carbocycles. The Bertz CT molecular complexity index is 1580. The molecule has 12 heteroatoms. The van der Waals surface area contributed by atoms with Gasteiger partial charge >= 0.3 is 6.09 Å². The van der Waals surface area contributed by atoms with Crippen LogP contribution in [0.5, 0.6) is 0 Å². The van der Waals surface area contributed by atoms with Gasteiger partial charge in [-0.3, -0.25) is 0 Å². The molecule has 1 N–H and O–H groups in total.